The van der Waals surface area contributed by atoms with Crippen LogP contribution in [0.4, 0.5) is 10.2 Å². The Morgan fingerprint density at radius 2 is 1.95 bits per heavy atom. The summed E-state index contributed by atoms with van der Waals surface area (Å²) in [6.45, 7) is 3.47. The number of nitrogens with one attached hydrogen (secondary N) is 1. The molecule has 1 aromatic heterocycles. The summed E-state index contributed by atoms with van der Waals surface area (Å²) in [4.78, 5) is 23.5. The van der Waals surface area contributed by atoms with Crippen LogP contribution in [0.5, 0.6) is 0 Å². The largest absolute Gasteiger partial charge is 0.358 e. The Hall–Kier alpha value is -2.44. The third kappa shape index (κ3) is 2.86. The Bertz CT molecular complexity index is 795. The van der Waals surface area contributed by atoms with Gasteiger partial charge in [-0.2, -0.15) is 0 Å². The second-order valence-electron chi connectivity index (χ2n) is 4.99. The van der Waals surface area contributed by atoms with Gasteiger partial charge in [0, 0.05) is 14.1 Å². The molecule has 1 atom stereocenters. The van der Waals surface area contributed by atoms with Crippen LogP contribution in [0.2, 0.25) is 0 Å². The highest BCUT2D eigenvalue weighted by atomic mass is 19.1. The summed E-state index contributed by atoms with van der Waals surface area (Å²) in [5, 5.41) is 6.82. The van der Waals surface area contributed by atoms with Crippen LogP contribution in [0, 0.1) is 12.7 Å². The van der Waals surface area contributed by atoms with Crippen molar-refractivity contribution in [3.05, 3.63) is 56.0 Å². The van der Waals surface area contributed by atoms with Gasteiger partial charge in [0.1, 0.15) is 5.82 Å². The fourth-order valence-electron chi connectivity index (χ4n) is 1.96. The van der Waals surface area contributed by atoms with Crippen LogP contribution in [0.25, 0.3) is 0 Å². The first-order valence-corrected chi connectivity index (χ1v) is 6.48. The van der Waals surface area contributed by atoms with Gasteiger partial charge in [0.25, 0.3) is 5.56 Å². The molecule has 0 radical (unpaired) electrons. The number of anilines is 1. The van der Waals surface area contributed by atoms with Gasteiger partial charge in [-0.3, -0.25) is 9.36 Å². The monoisotopic (exact) mass is 292 g/mol. The Morgan fingerprint density at radius 1 is 1.29 bits per heavy atom. The summed E-state index contributed by atoms with van der Waals surface area (Å²) in [7, 11) is 2.84. The zero-order valence-corrected chi connectivity index (χ0v) is 12.3. The van der Waals surface area contributed by atoms with Crippen molar-refractivity contribution in [2.45, 2.75) is 19.9 Å². The lowest BCUT2D eigenvalue weighted by Gasteiger charge is -2.15. The van der Waals surface area contributed by atoms with Crippen LogP contribution in [0.1, 0.15) is 24.1 Å². The van der Waals surface area contributed by atoms with Crippen LogP contribution in [0.3, 0.4) is 0 Å². The Labute approximate surface area is 120 Å². The summed E-state index contributed by atoms with van der Waals surface area (Å²) < 4.78 is 15.6. The van der Waals surface area contributed by atoms with Crippen molar-refractivity contribution in [3.63, 3.8) is 0 Å². The molecule has 0 aliphatic heterocycles. The van der Waals surface area contributed by atoms with Crippen LogP contribution in [0.15, 0.2) is 27.8 Å². The van der Waals surface area contributed by atoms with Gasteiger partial charge in [-0.15, -0.1) is 5.10 Å². The van der Waals surface area contributed by atoms with Gasteiger partial charge in [-0.1, -0.05) is 12.1 Å². The molecule has 112 valence electrons. The van der Waals surface area contributed by atoms with Gasteiger partial charge in [0.2, 0.25) is 5.82 Å². The minimum absolute atomic E-state index is 0.0492. The second-order valence-corrected chi connectivity index (χ2v) is 4.99. The third-order valence-electron chi connectivity index (χ3n) is 3.37. The highest BCUT2D eigenvalue weighted by molar-refractivity contribution is 5.36. The van der Waals surface area contributed by atoms with Crippen molar-refractivity contribution in [1.29, 1.82) is 0 Å². The van der Waals surface area contributed by atoms with E-state index in [0.717, 1.165) is 9.25 Å². The number of benzene rings is 1. The van der Waals surface area contributed by atoms with E-state index in [4.69, 9.17) is 0 Å². The molecular formula is C14H17FN4O2. The molecule has 21 heavy (non-hydrogen) atoms. The number of aryl methyl sites for hydroxylation is 2. The Morgan fingerprint density at radius 3 is 2.57 bits per heavy atom. The maximum atomic E-state index is 13.6. The second kappa shape index (κ2) is 5.51. The molecule has 0 bridgehead atoms. The van der Waals surface area contributed by atoms with E-state index < -0.39 is 11.2 Å². The minimum Gasteiger partial charge on any atom is -0.358 e. The van der Waals surface area contributed by atoms with E-state index in [1.807, 2.05) is 0 Å². The molecule has 2 rings (SSSR count). The lowest BCUT2D eigenvalue weighted by Crippen LogP contribution is -2.40. The zero-order valence-electron chi connectivity index (χ0n) is 12.3. The van der Waals surface area contributed by atoms with E-state index in [1.165, 1.54) is 20.2 Å². The fraction of sp³-hybridized carbons (Fsp3) is 0.357. The third-order valence-corrected chi connectivity index (χ3v) is 3.37. The molecule has 7 heteroatoms. The number of hydrogen-bond donors (Lipinski definition) is 1. The molecular weight excluding hydrogens is 275 g/mol. The molecule has 0 saturated carbocycles. The van der Waals surface area contributed by atoms with Crippen molar-refractivity contribution in [3.8, 4) is 0 Å². The maximum Gasteiger partial charge on any atom is 0.346 e. The molecule has 1 unspecified atom stereocenters. The summed E-state index contributed by atoms with van der Waals surface area (Å²) >= 11 is 0. The van der Waals surface area contributed by atoms with E-state index in [2.05, 4.69) is 10.4 Å². The van der Waals surface area contributed by atoms with Crippen molar-refractivity contribution in [2.24, 2.45) is 14.1 Å². The quantitative estimate of drug-likeness (QED) is 0.920. The van der Waals surface area contributed by atoms with Gasteiger partial charge in [-0.05, 0) is 31.0 Å². The molecule has 0 saturated heterocycles. The molecule has 1 heterocycles. The van der Waals surface area contributed by atoms with Gasteiger partial charge >= 0.3 is 5.69 Å². The number of hydrogen-bond acceptors (Lipinski definition) is 4. The molecule has 0 amide bonds. The van der Waals surface area contributed by atoms with Crippen molar-refractivity contribution in [2.75, 3.05) is 5.32 Å². The van der Waals surface area contributed by atoms with Crippen LogP contribution < -0.4 is 16.6 Å². The topological polar surface area (TPSA) is 68.9 Å². The molecule has 1 aromatic carbocycles. The predicted octanol–water partition coefficient (Wildman–Crippen LogP) is 1.10. The zero-order chi connectivity index (χ0) is 15.7. The fourth-order valence-corrected chi connectivity index (χ4v) is 1.96. The maximum absolute atomic E-state index is 13.6. The van der Waals surface area contributed by atoms with E-state index in [-0.39, 0.29) is 17.7 Å². The molecule has 2 aromatic rings. The van der Waals surface area contributed by atoms with E-state index in [1.54, 1.807) is 26.0 Å². The predicted molar refractivity (Wildman–Crippen MR) is 77.9 cm³/mol. The average molecular weight is 292 g/mol. The molecule has 0 aliphatic carbocycles. The van der Waals surface area contributed by atoms with Crippen LogP contribution in [-0.2, 0) is 14.1 Å². The molecule has 6 nitrogen and oxygen atoms in total. The van der Waals surface area contributed by atoms with E-state index in [9.17, 15) is 14.0 Å². The van der Waals surface area contributed by atoms with E-state index in [0.29, 0.717) is 11.1 Å². The lowest BCUT2D eigenvalue weighted by atomic mass is 10.1. The van der Waals surface area contributed by atoms with Crippen molar-refractivity contribution in [1.82, 2.24) is 14.3 Å². The van der Waals surface area contributed by atoms with Crippen molar-refractivity contribution < 1.29 is 4.39 Å². The highest BCUT2D eigenvalue weighted by Crippen LogP contribution is 2.18. The van der Waals surface area contributed by atoms with Gasteiger partial charge < -0.3 is 5.32 Å². The standard InChI is InChI=1S/C14H17FN4O2/c1-8-5-6-10(7-11(8)15)9(2)16-12-13(20)18(3)14(21)19(4)17-12/h5-7,9H,1-4H3,(H,16,17). The highest BCUT2D eigenvalue weighted by Gasteiger charge is 2.13. The SMILES string of the molecule is Cc1ccc(C(C)Nc2nn(C)c(=O)n(C)c2=O)cc1F. The van der Waals surface area contributed by atoms with Gasteiger partial charge in [-0.25, -0.2) is 13.9 Å². The Kier molecular flexibility index (Phi) is 3.93. The normalized spacial score (nSPS) is 12.2. The number of nitrogens with zero attached hydrogens (tertiary/aromatic N) is 3. The molecule has 0 aliphatic rings. The molecule has 0 spiro atoms. The van der Waals surface area contributed by atoms with Gasteiger partial charge in [0.15, 0.2) is 0 Å². The first-order chi connectivity index (χ1) is 9.81. The first-order valence-electron chi connectivity index (χ1n) is 6.48. The van der Waals surface area contributed by atoms with Crippen LogP contribution in [-0.4, -0.2) is 14.3 Å². The van der Waals surface area contributed by atoms with Crippen molar-refractivity contribution >= 4 is 5.82 Å². The smallest absolute Gasteiger partial charge is 0.346 e. The number of aromatic nitrogens is 3. The summed E-state index contributed by atoms with van der Waals surface area (Å²) in [6.07, 6.45) is 0. The van der Waals surface area contributed by atoms with E-state index >= 15 is 0 Å². The molecule has 0 fully saturated rings. The number of rotatable bonds is 3. The number of halogens is 1. The molecule has 1 N–H and O–H groups in total. The minimum atomic E-state index is -0.516. The average Bonchev–Trinajstić information content (AvgIpc) is 2.45. The van der Waals surface area contributed by atoms with Crippen LogP contribution >= 0.6 is 0 Å². The first kappa shape index (κ1) is 15.0. The van der Waals surface area contributed by atoms with Gasteiger partial charge in [0.05, 0.1) is 6.04 Å². The Balaban J connectivity index is 2.36. The summed E-state index contributed by atoms with van der Waals surface area (Å²) in [5.74, 6) is -0.254. The lowest BCUT2D eigenvalue weighted by molar-refractivity contribution is 0.599. The summed E-state index contributed by atoms with van der Waals surface area (Å²) in [5.41, 5.74) is 0.231. The summed E-state index contributed by atoms with van der Waals surface area (Å²) in [6, 6.07) is 4.55.